The third kappa shape index (κ3) is 3.19. The largest absolute Gasteiger partial charge is 0.396 e. The molecule has 2 unspecified atom stereocenters. The Labute approximate surface area is 99.2 Å². The van der Waals surface area contributed by atoms with Crippen molar-refractivity contribution < 1.29 is 5.11 Å². The summed E-state index contributed by atoms with van der Waals surface area (Å²) in [5, 5.41) is 12.4. The molecule has 94 valence electrons. The molecule has 3 heteroatoms. The molecule has 2 aliphatic rings. The van der Waals surface area contributed by atoms with Gasteiger partial charge in [-0.1, -0.05) is 0 Å². The number of rotatable bonds is 5. The van der Waals surface area contributed by atoms with Crippen LogP contribution < -0.4 is 5.32 Å². The molecule has 2 rings (SSSR count). The third-order valence-corrected chi connectivity index (χ3v) is 4.15. The molecule has 2 N–H and O–H groups in total. The molecule has 16 heavy (non-hydrogen) atoms. The maximum atomic E-state index is 8.83. The van der Waals surface area contributed by atoms with E-state index in [1.807, 2.05) is 0 Å². The number of nitrogens with one attached hydrogen (secondary N) is 1. The Hall–Kier alpha value is -0.120. The molecular formula is C13H26N2O. The fraction of sp³-hybridized carbons (Fsp3) is 1.00. The van der Waals surface area contributed by atoms with Crippen molar-refractivity contribution in [3.8, 4) is 0 Å². The van der Waals surface area contributed by atoms with E-state index >= 15 is 0 Å². The number of likely N-dealkylation sites (tertiary alicyclic amines) is 1. The summed E-state index contributed by atoms with van der Waals surface area (Å²) < 4.78 is 0. The van der Waals surface area contributed by atoms with Gasteiger partial charge in [0.1, 0.15) is 0 Å². The maximum absolute atomic E-state index is 8.83. The van der Waals surface area contributed by atoms with Crippen molar-refractivity contribution in [2.75, 3.05) is 32.8 Å². The topological polar surface area (TPSA) is 35.5 Å². The summed E-state index contributed by atoms with van der Waals surface area (Å²) in [6.07, 6.45) is 7.66. The van der Waals surface area contributed by atoms with Gasteiger partial charge in [0.15, 0.2) is 0 Å². The van der Waals surface area contributed by atoms with Crippen LogP contribution in [-0.2, 0) is 0 Å². The monoisotopic (exact) mass is 226 g/mol. The Bertz CT molecular complexity index is 192. The third-order valence-electron chi connectivity index (χ3n) is 4.15. The standard InChI is InChI=1S/C13H26N2O/c16-10-2-1-8-15-9-4-6-13(15)12-5-3-7-14-11-12/h12-14,16H,1-11H2. The highest BCUT2D eigenvalue weighted by atomic mass is 16.2. The van der Waals surface area contributed by atoms with Crippen LogP contribution in [0.25, 0.3) is 0 Å². The zero-order valence-electron chi connectivity index (χ0n) is 10.3. The number of aliphatic hydroxyl groups excluding tert-OH is 1. The van der Waals surface area contributed by atoms with Crippen LogP contribution in [0.1, 0.15) is 38.5 Å². The lowest BCUT2D eigenvalue weighted by atomic mass is 9.90. The van der Waals surface area contributed by atoms with Crippen LogP contribution in [0.3, 0.4) is 0 Å². The molecule has 2 atom stereocenters. The van der Waals surface area contributed by atoms with Crippen LogP contribution in [0.2, 0.25) is 0 Å². The van der Waals surface area contributed by atoms with Crippen LogP contribution >= 0.6 is 0 Å². The number of piperidine rings is 1. The van der Waals surface area contributed by atoms with Crippen molar-refractivity contribution in [1.82, 2.24) is 10.2 Å². The normalized spacial score (nSPS) is 32.1. The minimum atomic E-state index is 0.351. The van der Waals surface area contributed by atoms with Gasteiger partial charge in [0.05, 0.1) is 0 Å². The Kier molecular flexibility index (Phi) is 5.07. The van der Waals surface area contributed by atoms with Crippen molar-refractivity contribution in [3.63, 3.8) is 0 Å². The second-order valence-electron chi connectivity index (χ2n) is 5.28. The van der Waals surface area contributed by atoms with E-state index in [1.165, 1.54) is 51.9 Å². The van der Waals surface area contributed by atoms with Crippen LogP contribution in [0.5, 0.6) is 0 Å². The molecule has 0 spiro atoms. The Morgan fingerprint density at radius 1 is 1.19 bits per heavy atom. The van der Waals surface area contributed by atoms with Gasteiger partial charge in [0.25, 0.3) is 0 Å². The van der Waals surface area contributed by atoms with Crippen molar-refractivity contribution in [3.05, 3.63) is 0 Å². The molecule has 0 bridgehead atoms. The average Bonchev–Trinajstić information content (AvgIpc) is 2.79. The van der Waals surface area contributed by atoms with Crippen molar-refractivity contribution >= 4 is 0 Å². The molecule has 0 radical (unpaired) electrons. The quantitative estimate of drug-likeness (QED) is 0.692. The number of hydrogen-bond donors (Lipinski definition) is 2. The Morgan fingerprint density at radius 2 is 2.12 bits per heavy atom. The maximum Gasteiger partial charge on any atom is 0.0431 e. The first-order valence-corrected chi connectivity index (χ1v) is 6.97. The van der Waals surface area contributed by atoms with Crippen molar-refractivity contribution in [2.24, 2.45) is 5.92 Å². The minimum absolute atomic E-state index is 0.351. The molecule has 0 saturated carbocycles. The van der Waals surface area contributed by atoms with Gasteiger partial charge in [-0.2, -0.15) is 0 Å². The fourth-order valence-corrected chi connectivity index (χ4v) is 3.30. The molecule has 0 aromatic rings. The molecule has 0 aliphatic carbocycles. The number of unbranched alkanes of at least 4 members (excludes halogenated alkanes) is 1. The molecule has 2 fully saturated rings. The zero-order valence-corrected chi connectivity index (χ0v) is 10.3. The predicted octanol–water partition coefficient (Wildman–Crippen LogP) is 1.22. The summed E-state index contributed by atoms with van der Waals surface area (Å²) in [6.45, 7) is 5.27. The smallest absolute Gasteiger partial charge is 0.0431 e. The molecule has 2 heterocycles. The minimum Gasteiger partial charge on any atom is -0.396 e. The van der Waals surface area contributed by atoms with E-state index < -0.39 is 0 Å². The first-order valence-electron chi connectivity index (χ1n) is 6.97. The number of nitrogens with zero attached hydrogens (tertiary/aromatic N) is 1. The SMILES string of the molecule is OCCCCN1CCCC1C1CCCNC1. The fourth-order valence-electron chi connectivity index (χ4n) is 3.30. The lowest BCUT2D eigenvalue weighted by Gasteiger charge is -2.34. The van der Waals surface area contributed by atoms with Crippen LogP contribution in [-0.4, -0.2) is 48.8 Å². The van der Waals surface area contributed by atoms with Gasteiger partial charge in [-0.15, -0.1) is 0 Å². The predicted molar refractivity (Wildman–Crippen MR) is 66.5 cm³/mol. The van der Waals surface area contributed by atoms with Gasteiger partial charge in [-0.05, 0) is 70.6 Å². The highest BCUT2D eigenvalue weighted by molar-refractivity contribution is 4.87. The van der Waals surface area contributed by atoms with E-state index in [-0.39, 0.29) is 0 Å². The molecule has 2 saturated heterocycles. The lowest BCUT2D eigenvalue weighted by molar-refractivity contribution is 0.159. The van der Waals surface area contributed by atoms with Gasteiger partial charge in [0, 0.05) is 12.6 Å². The summed E-state index contributed by atoms with van der Waals surface area (Å²) in [6, 6.07) is 0.825. The highest BCUT2D eigenvalue weighted by Gasteiger charge is 2.31. The van der Waals surface area contributed by atoms with Crippen LogP contribution in [0.15, 0.2) is 0 Å². The molecule has 3 nitrogen and oxygen atoms in total. The summed E-state index contributed by atoms with van der Waals surface area (Å²) >= 11 is 0. The van der Waals surface area contributed by atoms with E-state index in [2.05, 4.69) is 10.2 Å². The van der Waals surface area contributed by atoms with Crippen LogP contribution in [0, 0.1) is 5.92 Å². The second kappa shape index (κ2) is 6.58. The van der Waals surface area contributed by atoms with Gasteiger partial charge >= 0.3 is 0 Å². The summed E-state index contributed by atoms with van der Waals surface area (Å²) in [7, 11) is 0. The molecule has 0 aromatic carbocycles. The van der Waals surface area contributed by atoms with E-state index in [0.717, 1.165) is 24.8 Å². The van der Waals surface area contributed by atoms with E-state index in [9.17, 15) is 0 Å². The lowest BCUT2D eigenvalue weighted by Crippen LogP contribution is -2.43. The Morgan fingerprint density at radius 3 is 2.88 bits per heavy atom. The molecule has 0 amide bonds. The summed E-state index contributed by atoms with van der Waals surface area (Å²) in [5.41, 5.74) is 0. The Balaban J connectivity index is 1.77. The van der Waals surface area contributed by atoms with Gasteiger partial charge in [-0.3, -0.25) is 0 Å². The van der Waals surface area contributed by atoms with E-state index in [4.69, 9.17) is 5.11 Å². The zero-order chi connectivity index (χ0) is 11.2. The van der Waals surface area contributed by atoms with E-state index in [1.54, 1.807) is 0 Å². The molecule has 2 aliphatic heterocycles. The second-order valence-corrected chi connectivity index (χ2v) is 5.28. The van der Waals surface area contributed by atoms with Gasteiger partial charge < -0.3 is 15.3 Å². The number of aliphatic hydroxyl groups is 1. The highest BCUT2D eigenvalue weighted by Crippen LogP contribution is 2.28. The first kappa shape index (κ1) is 12.3. The summed E-state index contributed by atoms with van der Waals surface area (Å²) in [5.74, 6) is 0.880. The van der Waals surface area contributed by atoms with Crippen LogP contribution in [0.4, 0.5) is 0 Å². The van der Waals surface area contributed by atoms with Gasteiger partial charge in [0.2, 0.25) is 0 Å². The van der Waals surface area contributed by atoms with Crippen molar-refractivity contribution in [1.29, 1.82) is 0 Å². The van der Waals surface area contributed by atoms with E-state index in [0.29, 0.717) is 6.61 Å². The number of hydrogen-bond acceptors (Lipinski definition) is 3. The van der Waals surface area contributed by atoms with Crippen molar-refractivity contribution in [2.45, 2.75) is 44.6 Å². The average molecular weight is 226 g/mol. The molecular weight excluding hydrogens is 200 g/mol. The first-order chi connectivity index (χ1) is 7.92. The summed E-state index contributed by atoms with van der Waals surface area (Å²) in [4.78, 5) is 2.67. The van der Waals surface area contributed by atoms with Gasteiger partial charge in [-0.25, -0.2) is 0 Å². The molecule has 0 aromatic heterocycles.